The minimum Gasteiger partial charge on any atom is -0.496 e. The maximum Gasteiger partial charge on any atom is 0.271 e. The van der Waals surface area contributed by atoms with Gasteiger partial charge < -0.3 is 25.3 Å². The third kappa shape index (κ3) is 4.08. The summed E-state index contributed by atoms with van der Waals surface area (Å²) < 4.78 is 5.41. The maximum atomic E-state index is 13.6. The standard InChI is InChI=1S/C26H25N5O4/c1-35-22-8-4-7-20-19(22)12-21(30-20)26(34)31-14-16-5-2-3-6-18(16)23(31)25(33)29-17(13-27)11-15-9-10-28-24(15)32/h2-8,12,15,17,23,30H,9-11,14H2,1H3,(H,28,32)(H,29,33)/t15-,17-,23+/m0/s1. The van der Waals surface area contributed by atoms with Crippen molar-refractivity contribution in [2.45, 2.75) is 31.5 Å². The van der Waals surface area contributed by atoms with Crippen LogP contribution < -0.4 is 15.4 Å². The number of methoxy groups -OCH3 is 1. The Morgan fingerprint density at radius 1 is 1.26 bits per heavy atom. The quantitative estimate of drug-likeness (QED) is 0.509. The van der Waals surface area contributed by atoms with E-state index in [2.05, 4.69) is 21.7 Å². The zero-order valence-corrected chi connectivity index (χ0v) is 19.2. The average molecular weight is 472 g/mol. The Morgan fingerprint density at radius 2 is 2.09 bits per heavy atom. The van der Waals surface area contributed by atoms with Crippen LogP contribution in [0.5, 0.6) is 5.75 Å². The minimum atomic E-state index is -0.889. The molecule has 3 N–H and O–H groups in total. The smallest absolute Gasteiger partial charge is 0.271 e. The van der Waals surface area contributed by atoms with E-state index in [1.807, 2.05) is 42.5 Å². The van der Waals surface area contributed by atoms with Crippen molar-refractivity contribution in [3.05, 3.63) is 65.4 Å². The van der Waals surface area contributed by atoms with Crippen LogP contribution in [0.2, 0.25) is 0 Å². The fourth-order valence-corrected chi connectivity index (χ4v) is 4.98. The number of carbonyl (C=O) groups is 3. The Kier molecular flexibility index (Phi) is 5.87. The van der Waals surface area contributed by atoms with Crippen molar-refractivity contribution >= 4 is 28.6 Å². The van der Waals surface area contributed by atoms with Crippen molar-refractivity contribution in [3.63, 3.8) is 0 Å². The van der Waals surface area contributed by atoms with Crippen LogP contribution in [0.15, 0.2) is 48.5 Å². The second-order valence-electron chi connectivity index (χ2n) is 8.84. The topological polar surface area (TPSA) is 127 Å². The first-order chi connectivity index (χ1) is 17.0. The van der Waals surface area contributed by atoms with Crippen molar-refractivity contribution in [1.82, 2.24) is 20.5 Å². The lowest BCUT2D eigenvalue weighted by molar-refractivity contribution is -0.127. The molecule has 1 saturated heterocycles. The number of hydrogen-bond acceptors (Lipinski definition) is 5. The van der Waals surface area contributed by atoms with Gasteiger partial charge in [0.1, 0.15) is 23.5 Å². The van der Waals surface area contributed by atoms with Crippen LogP contribution >= 0.6 is 0 Å². The van der Waals surface area contributed by atoms with Gasteiger partial charge in [-0.25, -0.2) is 0 Å². The Morgan fingerprint density at radius 3 is 2.83 bits per heavy atom. The third-order valence-corrected chi connectivity index (χ3v) is 6.74. The average Bonchev–Trinajstić information content (AvgIpc) is 3.59. The Balaban J connectivity index is 1.42. The molecule has 5 rings (SSSR count). The third-order valence-electron chi connectivity index (χ3n) is 6.74. The molecule has 178 valence electrons. The lowest BCUT2D eigenvalue weighted by atomic mass is 9.98. The van der Waals surface area contributed by atoms with E-state index in [0.717, 1.165) is 22.0 Å². The first-order valence-corrected chi connectivity index (χ1v) is 11.5. The van der Waals surface area contributed by atoms with E-state index in [-0.39, 0.29) is 30.7 Å². The normalized spacial score (nSPS) is 19.7. The maximum absolute atomic E-state index is 13.6. The molecule has 3 amide bonds. The number of nitrogens with zero attached hydrogens (tertiary/aromatic N) is 2. The first-order valence-electron chi connectivity index (χ1n) is 11.5. The summed E-state index contributed by atoms with van der Waals surface area (Å²) >= 11 is 0. The van der Waals surface area contributed by atoms with Crippen molar-refractivity contribution in [2.24, 2.45) is 5.92 Å². The van der Waals surface area contributed by atoms with Crippen molar-refractivity contribution in [3.8, 4) is 11.8 Å². The van der Waals surface area contributed by atoms with E-state index in [0.29, 0.717) is 24.4 Å². The fraction of sp³-hybridized carbons (Fsp3) is 0.308. The Bertz CT molecular complexity index is 1360. The van der Waals surface area contributed by atoms with Gasteiger partial charge in [-0.3, -0.25) is 14.4 Å². The molecular weight excluding hydrogens is 446 g/mol. The van der Waals surface area contributed by atoms with Gasteiger partial charge in [-0.15, -0.1) is 0 Å². The van der Waals surface area contributed by atoms with Gasteiger partial charge >= 0.3 is 0 Å². The molecule has 0 saturated carbocycles. The van der Waals surface area contributed by atoms with Crippen molar-refractivity contribution in [2.75, 3.05) is 13.7 Å². The van der Waals surface area contributed by atoms with Crippen LogP contribution in [0.3, 0.4) is 0 Å². The Hall–Kier alpha value is -4.32. The zero-order valence-electron chi connectivity index (χ0n) is 19.2. The molecule has 9 heteroatoms. The zero-order chi connectivity index (χ0) is 24.5. The molecule has 0 unspecified atom stereocenters. The number of ether oxygens (including phenoxy) is 1. The van der Waals surface area contributed by atoms with Crippen LogP contribution in [0, 0.1) is 17.2 Å². The second kappa shape index (κ2) is 9.14. The van der Waals surface area contributed by atoms with Gasteiger partial charge in [-0.05, 0) is 42.2 Å². The molecule has 2 aliphatic heterocycles. The SMILES string of the molecule is COc1cccc2[nH]c(C(=O)N3Cc4ccccc4[C@@H]3C(=O)N[C@H](C#N)C[C@@H]3CCNC3=O)cc12. The predicted octanol–water partition coefficient (Wildman–Crippen LogP) is 2.41. The molecule has 2 aliphatic rings. The molecule has 35 heavy (non-hydrogen) atoms. The summed E-state index contributed by atoms with van der Waals surface area (Å²) in [7, 11) is 1.57. The van der Waals surface area contributed by atoms with E-state index in [4.69, 9.17) is 4.74 Å². The number of H-pyrrole nitrogens is 1. The number of aromatic amines is 1. The number of nitrogens with one attached hydrogen (secondary N) is 3. The summed E-state index contributed by atoms with van der Waals surface area (Å²) in [6.07, 6.45) is 0.867. The van der Waals surface area contributed by atoms with Crippen LogP contribution in [-0.2, 0) is 16.1 Å². The molecule has 3 aromatic rings. The number of hydrogen-bond donors (Lipinski definition) is 3. The lowest BCUT2D eigenvalue weighted by Crippen LogP contribution is -2.44. The van der Waals surface area contributed by atoms with Gasteiger partial charge in [0.25, 0.3) is 5.91 Å². The number of aromatic nitrogens is 1. The molecular formula is C26H25N5O4. The summed E-state index contributed by atoms with van der Waals surface area (Å²) in [6.45, 7) is 0.838. The highest BCUT2D eigenvalue weighted by Crippen LogP contribution is 2.36. The predicted molar refractivity (Wildman–Crippen MR) is 127 cm³/mol. The van der Waals surface area contributed by atoms with E-state index in [1.165, 1.54) is 4.90 Å². The number of benzene rings is 2. The molecule has 0 radical (unpaired) electrons. The number of fused-ring (bicyclic) bond motifs is 2. The second-order valence-corrected chi connectivity index (χ2v) is 8.84. The van der Waals surface area contributed by atoms with Crippen LogP contribution in [0.4, 0.5) is 0 Å². The van der Waals surface area contributed by atoms with Gasteiger partial charge in [0.05, 0.1) is 13.2 Å². The van der Waals surface area contributed by atoms with Gasteiger partial charge in [0.15, 0.2) is 0 Å². The highest BCUT2D eigenvalue weighted by molar-refractivity contribution is 6.02. The lowest BCUT2D eigenvalue weighted by Gasteiger charge is -2.25. The summed E-state index contributed by atoms with van der Waals surface area (Å²) in [5, 5.41) is 15.9. The van der Waals surface area contributed by atoms with Crippen LogP contribution in [0.25, 0.3) is 10.9 Å². The van der Waals surface area contributed by atoms with Crippen molar-refractivity contribution < 1.29 is 19.1 Å². The van der Waals surface area contributed by atoms with Gasteiger partial charge in [-0.1, -0.05) is 30.3 Å². The Labute approximate surface area is 202 Å². The van der Waals surface area contributed by atoms with E-state index in [9.17, 15) is 19.6 Å². The summed E-state index contributed by atoms with van der Waals surface area (Å²) in [6, 6.07) is 15.0. The number of nitriles is 1. The highest BCUT2D eigenvalue weighted by atomic mass is 16.5. The summed E-state index contributed by atoms with van der Waals surface area (Å²) in [5.41, 5.74) is 2.69. The van der Waals surface area contributed by atoms with Gasteiger partial charge in [0, 0.05) is 29.9 Å². The van der Waals surface area contributed by atoms with Crippen LogP contribution in [-0.4, -0.2) is 47.3 Å². The van der Waals surface area contributed by atoms with Crippen LogP contribution in [0.1, 0.15) is 40.5 Å². The largest absolute Gasteiger partial charge is 0.496 e. The first kappa shape index (κ1) is 22.5. The van der Waals surface area contributed by atoms with E-state index >= 15 is 0 Å². The molecule has 0 spiro atoms. The monoisotopic (exact) mass is 471 g/mol. The molecule has 3 atom stereocenters. The molecule has 0 aliphatic carbocycles. The van der Waals surface area contributed by atoms with E-state index < -0.39 is 18.0 Å². The summed E-state index contributed by atoms with van der Waals surface area (Å²) in [5.74, 6) is -0.540. The number of rotatable bonds is 6. The van der Waals surface area contributed by atoms with Gasteiger partial charge in [0.2, 0.25) is 11.8 Å². The summed E-state index contributed by atoms with van der Waals surface area (Å²) in [4.78, 5) is 43.7. The molecule has 0 bridgehead atoms. The number of amides is 3. The number of carbonyl (C=O) groups excluding carboxylic acids is 3. The highest BCUT2D eigenvalue weighted by Gasteiger charge is 2.40. The molecule has 1 fully saturated rings. The molecule has 3 heterocycles. The van der Waals surface area contributed by atoms with Crippen molar-refractivity contribution in [1.29, 1.82) is 5.26 Å². The molecule has 9 nitrogen and oxygen atoms in total. The molecule has 2 aromatic carbocycles. The minimum absolute atomic E-state index is 0.100. The molecule has 1 aromatic heterocycles. The van der Waals surface area contributed by atoms with E-state index in [1.54, 1.807) is 13.2 Å². The fourth-order valence-electron chi connectivity index (χ4n) is 4.98. The van der Waals surface area contributed by atoms with Gasteiger partial charge in [-0.2, -0.15) is 5.26 Å².